The summed E-state index contributed by atoms with van der Waals surface area (Å²) in [7, 11) is 1.62. The molecular weight excluding hydrogens is 230 g/mol. The van der Waals surface area contributed by atoms with Crippen LogP contribution in [0.25, 0.3) is 0 Å². The van der Waals surface area contributed by atoms with Crippen LogP contribution in [0.3, 0.4) is 0 Å². The maximum atomic E-state index is 12.0. The number of allylic oxidation sites excluding steroid dienone is 3. The Kier molecular flexibility index (Phi) is 6.58. The minimum atomic E-state index is -0.0541. The first-order chi connectivity index (χ1) is 8.77. The summed E-state index contributed by atoms with van der Waals surface area (Å²) in [5, 5.41) is 0. The molecule has 0 spiro atoms. The number of ether oxygens (including phenoxy) is 1. The van der Waals surface area contributed by atoms with Crippen LogP contribution in [0.2, 0.25) is 0 Å². The molecule has 18 heavy (non-hydrogen) atoms. The lowest BCUT2D eigenvalue weighted by molar-refractivity contribution is -0.127. The minimum Gasteiger partial charge on any atom is -0.467 e. The van der Waals surface area contributed by atoms with E-state index in [1.807, 2.05) is 31.2 Å². The van der Waals surface area contributed by atoms with Crippen LogP contribution < -0.4 is 0 Å². The van der Waals surface area contributed by atoms with Gasteiger partial charge in [-0.25, -0.2) is 0 Å². The quantitative estimate of drug-likeness (QED) is 0.550. The van der Waals surface area contributed by atoms with Crippen LogP contribution in [0, 0.1) is 0 Å². The zero-order valence-electron chi connectivity index (χ0n) is 10.8. The number of carbonyl (C=O) groups is 1. The van der Waals surface area contributed by atoms with Crippen molar-refractivity contribution in [2.45, 2.75) is 13.5 Å². The molecule has 0 aromatic carbocycles. The Labute approximate surface area is 108 Å². The van der Waals surface area contributed by atoms with Gasteiger partial charge in [0.25, 0.3) is 0 Å². The summed E-state index contributed by atoms with van der Waals surface area (Å²) in [5.41, 5.74) is 0. The number of amides is 1. The summed E-state index contributed by atoms with van der Waals surface area (Å²) < 4.78 is 10.3. The maximum Gasteiger partial charge on any atom is 0.247 e. The molecule has 0 radical (unpaired) electrons. The average molecular weight is 249 g/mol. The number of hydrogen-bond donors (Lipinski definition) is 0. The van der Waals surface area contributed by atoms with Crippen LogP contribution >= 0.6 is 0 Å². The highest BCUT2D eigenvalue weighted by Crippen LogP contribution is 2.06. The van der Waals surface area contributed by atoms with Gasteiger partial charge in [0.15, 0.2) is 0 Å². The van der Waals surface area contributed by atoms with Gasteiger partial charge in [-0.05, 0) is 19.1 Å². The van der Waals surface area contributed by atoms with E-state index in [-0.39, 0.29) is 5.91 Å². The molecule has 1 heterocycles. The summed E-state index contributed by atoms with van der Waals surface area (Å²) >= 11 is 0. The molecule has 0 aliphatic heterocycles. The van der Waals surface area contributed by atoms with E-state index in [4.69, 9.17) is 9.15 Å². The number of hydrogen-bond acceptors (Lipinski definition) is 3. The van der Waals surface area contributed by atoms with E-state index in [2.05, 4.69) is 0 Å². The highest BCUT2D eigenvalue weighted by atomic mass is 16.5. The first-order valence-electron chi connectivity index (χ1n) is 5.87. The van der Waals surface area contributed by atoms with Crippen LogP contribution in [0.15, 0.2) is 47.1 Å². The molecule has 1 rings (SSSR count). The predicted molar refractivity (Wildman–Crippen MR) is 70.0 cm³/mol. The van der Waals surface area contributed by atoms with Crippen molar-refractivity contribution in [3.63, 3.8) is 0 Å². The van der Waals surface area contributed by atoms with Crippen LogP contribution in [0.5, 0.6) is 0 Å². The first kappa shape index (κ1) is 14.3. The van der Waals surface area contributed by atoms with Crippen LogP contribution in [-0.4, -0.2) is 31.1 Å². The third-order valence-electron chi connectivity index (χ3n) is 2.35. The molecule has 1 amide bonds. The first-order valence-corrected chi connectivity index (χ1v) is 5.87. The van der Waals surface area contributed by atoms with E-state index in [1.165, 1.54) is 0 Å². The van der Waals surface area contributed by atoms with Crippen molar-refractivity contribution in [3.05, 3.63) is 48.5 Å². The van der Waals surface area contributed by atoms with Crippen LogP contribution in [-0.2, 0) is 16.1 Å². The van der Waals surface area contributed by atoms with Crippen molar-refractivity contribution in [3.8, 4) is 0 Å². The number of rotatable bonds is 7. The van der Waals surface area contributed by atoms with Gasteiger partial charge in [-0.15, -0.1) is 0 Å². The minimum absolute atomic E-state index is 0.0541. The van der Waals surface area contributed by atoms with Gasteiger partial charge in [-0.2, -0.15) is 0 Å². The monoisotopic (exact) mass is 249 g/mol. The zero-order chi connectivity index (χ0) is 13.2. The zero-order valence-corrected chi connectivity index (χ0v) is 10.8. The van der Waals surface area contributed by atoms with E-state index < -0.39 is 0 Å². The second kappa shape index (κ2) is 8.31. The van der Waals surface area contributed by atoms with Crippen molar-refractivity contribution < 1.29 is 13.9 Å². The normalized spacial score (nSPS) is 11.4. The molecule has 0 bridgehead atoms. The molecule has 0 saturated heterocycles. The molecule has 0 atom stereocenters. The molecule has 0 aliphatic carbocycles. The Morgan fingerprint density at radius 2 is 2.33 bits per heavy atom. The van der Waals surface area contributed by atoms with Crippen molar-refractivity contribution in [1.29, 1.82) is 0 Å². The lowest BCUT2D eigenvalue weighted by Gasteiger charge is -2.19. The van der Waals surface area contributed by atoms with Crippen molar-refractivity contribution >= 4 is 5.91 Å². The number of carbonyl (C=O) groups excluding carboxylic acids is 1. The smallest absolute Gasteiger partial charge is 0.247 e. The molecule has 0 saturated carbocycles. The van der Waals surface area contributed by atoms with Gasteiger partial charge in [-0.3, -0.25) is 4.79 Å². The molecule has 4 heteroatoms. The average Bonchev–Trinajstić information content (AvgIpc) is 2.87. The summed E-state index contributed by atoms with van der Waals surface area (Å²) in [4.78, 5) is 13.6. The van der Waals surface area contributed by atoms with Gasteiger partial charge in [0.1, 0.15) is 5.76 Å². The second-order valence-corrected chi connectivity index (χ2v) is 3.72. The topological polar surface area (TPSA) is 42.7 Å². The third-order valence-corrected chi connectivity index (χ3v) is 2.35. The Morgan fingerprint density at radius 3 is 2.94 bits per heavy atom. The van der Waals surface area contributed by atoms with E-state index in [0.717, 1.165) is 5.76 Å². The molecule has 4 nitrogen and oxygen atoms in total. The molecule has 0 fully saturated rings. The molecule has 0 aliphatic rings. The molecule has 0 N–H and O–H groups in total. The summed E-state index contributed by atoms with van der Waals surface area (Å²) in [6.07, 6.45) is 8.56. The van der Waals surface area contributed by atoms with Gasteiger partial charge in [-0.1, -0.05) is 18.2 Å². The van der Waals surface area contributed by atoms with E-state index >= 15 is 0 Å². The fraction of sp³-hybridized carbons (Fsp3) is 0.357. The van der Waals surface area contributed by atoms with Crippen molar-refractivity contribution in [1.82, 2.24) is 4.90 Å². The highest BCUT2D eigenvalue weighted by Gasteiger charge is 2.12. The molecule has 98 valence electrons. The number of nitrogens with zero attached hydrogens (tertiary/aromatic N) is 1. The Morgan fingerprint density at radius 1 is 1.50 bits per heavy atom. The highest BCUT2D eigenvalue weighted by molar-refractivity contribution is 5.87. The number of furan rings is 1. The maximum absolute atomic E-state index is 12.0. The Bertz CT molecular complexity index is 393. The van der Waals surface area contributed by atoms with Gasteiger partial charge in [0, 0.05) is 19.7 Å². The van der Waals surface area contributed by atoms with Crippen LogP contribution in [0.4, 0.5) is 0 Å². The summed E-state index contributed by atoms with van der Waals surface area (Å²) in [5.74, 6) is 0.709. The third kappa shape index (κ3) is 5.01. The fourth-order valence-corrected chi connectivity index (χ4v) is 1.41. The standard InChI is InChI=1S/C14H19NO3/c1-3-4-5-8-14(16)15(9-11-17-2)12-13-7-6-10-18-13/h3-8,10H,9,11-12H2,1-2H3/b4-3+,8-5+. The van der Waals surface area contributed by atoms with Crippen LogP contribution in [0.1, 0.15) is 12.7 Å². The van der Waals surface area contributed by atoms with E-state index in [9.17, 15) is 4.79 Å². The van der Waals surface area contributed by atoms with Crippen molar-refractivity contribution in [2.75, 3.05) is 20.3 Å². The van der Waals surface area contributed by atoms with Gasteiger partial charge < -0.3 is 14.1 Å². The molecular formula is C14H19NO3. The van der Waals surface area contributed by atoms with Gasteiger partial charge >= 0.3 is 0 Å². The molecule has 1 aromatic rings. The SMILES string of the molecule is C/C=C/C=C/C(=O)N(CCOC)Cc1ccco1. The second-order valence-electron chi connectivity index (χ2n) is 3.72. The Hall–Kier alpha value is -1.81. The van der Waals surface area contributed by atoms with Gasteiger partial charge in [0.05, 0.1) is 19.4 Å². The number of methoxy groups -OCH3 is 1. The molecule has 0 unspecified atom stereocenters. The summed E-state index contributed by atoms with van der Waals surface area (Å²) in [6, 6.07) is 3.66. The van der Waals surface area contributed by atoms with Crippen molar-refractivity contribution in [2.24, 2.45) is 0 Å². The lowest BCUT2D eigenvalue weighted by atomic mass is 10.3. The van der Waals surface area contributed by atoms with E-state index in [1.54, 1.807) is 30.4 Å². The molecule has 1 aromatic heterocycles. The predicted octanol–water partition coefficient (Wildman–Crippen LogP) is 2.39. The van der Waals surface area contributed by atoms with E-state index in [0.29, 0.717) is 19.7 Å². The largest absolute Gasteiger partial charge is 0.467 e. The summed E-state index contributed by atoms with van der Waals surface area (Å²) in [6.45, 7) is 3.40. The lowest BCUT2D eigenvalue weighted by Crippen LogP contribution is -2.31. The Balaban J connectivity index is 2.61. The fourth-order valence-electron chi connectivity index (χ4n) is 1.41. The van der Waals surface area contributed by atoms with Gasteiger partial charge in [0.2, 0.25) is 5.91 Å².